The fraction of sp³-hybridized carbons (Fsp3) is 1.00. The van der Waals surface area contributed by atoms with E-state index in [2.05, 4.69) is 31.8 Å². The van der Waals surface area contributed by atoms with Gasteiger partial charge in [0.15, 0.2) is 0 Å². The van der Waals surface area contributed by atoms with Crippen molar-refractivity contribution in [2.45, 2.75) is 66.3 Å². The van der Waals surface area contributed by atoms with E-state index in [1.807, 2.05) is 13.8 Å². The molecule has 0 fully saturated rings. The van der Waals surface area contributed by atoms with Gasteiger partial charge in [0.05, 0.1) is 0 Å². The summed E-state index contributed by atoms with van der Waals surface area (Å²) in [4.78, 5) is 0. The van der Waals surface area contributed by atoms with E-state index < -0.39 is 0 Å². The predicted octanol–water partition coefficient (Wildman–Crippen LogP) is 3.17. The molecule has 0 aliphatic heterocycles. The topological polar surface area (TPSA) is 38.0 Å². The molecule has 0 aromatic rings. The molecule has 3 N–H and O–H groups in total. The molecular weight excluding hydrogens is 172 g/mol. The molecule has 2 nitrogen and oxygen atoms in total. The SMILES string of the molecule is CC.CCCCNC(C)CCC.CN. The molecule has 90 valence electrons. The predicted molar refractivity (Wildman–Crippen MR) is 68.7 cm³/mol. The summed E-state index contributed by atoms with van der Waals surface area (Å²) in [5.74, 6) is 0. The molecule has 0 saturated carbocycles. The molecule has 1 atom stereocenters. The minimum absolute atomic E-state index is 0.719. The lowest BCUT2D eigenvalue weighted by molar-refractivity contribution is 0.499. The molecule has 0 radical (unpaired) electrons. The van der Waals surface area contributed by atoms with Crippen LogP contribution in [-0.4, -0.2) is 19.6 Å². The number of unbranched alkanes of at least 4 members (excludes halogenated alkanes) is 1. The van der Waals surface area contributed by atoms with Gasteiger partial charge in [0.1, 0.15) is 0 Å². The van der Waals surface area contributed by atoms with Crippen LogP contribution in [-0.2, 0) is 0 Å². The van der Waals surface area contributed by atoms with Crippen LogP contribution in [0.25, 0.3) is 0 Å². The second-order valence-corrected chi connectivity index (χ2v) is 3.00. The van der Waals surface area contributed by atoms with E-state index in [9.17, 15) is 0 Å². The highest BCUT2D eigenvalue weighted by Crippen LogP contribution is 1.94. The van der Waals surface area contributed by atoms with Crippen molar-refractivity contribution in [2.24, 2.45) is 5.73 Å². The van der Waals surface area contributed by atoms with Crippen LogP contribution in [0.1, 0.15) is 60.3 Å². The molecule has 0 aromatic heterocycles. The van der Waals surface area contributed by atoms with Gasteiger partial charge in [-0.15, -0.1) is 0 Å². The zero-order valence-corrected chi connectivity index (χ0v) is 11.2. The normalized spacial score (nSPS) is 10.5. The third-order valence-corrected chi connectivity index (χ3v) is 1.74. The average Bonchev–Trinajstić information content (AvgIpc) is 2.25. The molecule has 0 aromatic carbocycles. The summed E-state index contributed by atoms with van der Waals surface area (Å²) in [6.07, 6.45) is 5.21. The van der Waals surface area contributed by atoms with E-state index in [0.29, 0.717) is 0 Å². The minimum Gasteiger partial charge on any atom is -0.333 e. The van der Waals surface area contributed by atoms with Gasteiger partial charge in [0.25, 0.3) is 0 Å². The highest BCUT2D eigenvalue weighted by Gasteiger charge is 1.96. The lowest BCUT2D eigenvalue weighted by Gasteiger charge is -2.11. The van der Waals surface area contributed by atoms with Gasteiger partial charge < -0.3 is 11.1 Å². The third-order valence-electron chi connectivity index (χ3n) is 1.74. The summed E-state index contributed by atoms with van der Waals surface area (Å²) in [7, 11) is 1.50. The lowest BCUT2D eigenvalue weighted by Crippen LogP contribution is -2.26. The fourth-order valence-electron chi connectivity index (χ4n) is 1.06. The van der Waals surface area contributed by atoms with Gasteiger partial charge in [-0.2, -0.15) is 0 Å². The summed E-state index contributed by atoms with van der Waals surface area (Å²) >= 11 is 0. The summed E-state index contributed by atoms with van der Waals surface area (Å²) in [5, 5.41) is 3.48. The Morgan fingerprint density at radius 1 is 1.07 bits per heavy atom. The van der Waals surface area contributed by atoms with Gasteiger partial charge >= 0.3 is 0 Å². The maximum atomic E-state index is 4.50. The number of hydrogen-bond acceptors (Lipinski definition) is 2. The summed E-state index contributed by atoms with van der Waals surface area (Å²) in [6, 6.07) is 0.719. The Morgan fingerprint density at radius 2 is 1.57 bits per heavy atom. The molecule has 0 rings (SSSR count). The Morgan fingerprint density at radius 3 is 1.93 bits per heavy atom. The molecule has 14 heavy (non-hydrogen) atoms. The maximum absolute atomic E-state index is 4.50. The van der Waals surface area contributed by atoms with Gasteiger partial charge in [0, 0.05) is 6.04 Å². The third kappa shape index (κ3) is 22.7. The van der Waals surface area contributed by atoms with Crippen molar-refractivity contribution in [1.82, 2.24) is 5.32 Å². The molecule has 0 saturated heterocycles. The van der Waals surface area contributed by atoms with Crippen molar-refractivity contribution in [3.63, 3.8) is 0 Å². The van der Waals surface area contributed by atoms with Crippen LogP contribution in [0.3, 0.4) is 0 Å². The first-order chi connectivity index (χ1) is 6.81. The minimum atomic E-state index is 0.719. The van der Waals surface area contributed by atoms with E-state index in [4.69, 9.17) is 0 Å². The van der Waals surface area contributed by atoms with Crippen LogP contribution >= 0.6 is 0 Å². The fourth-order valence-corrected chi connectivity index (χ4v) is 1.06. The van der Waals surface area contributed by atoms with E-state index >= 15 is 0 Å². The van der Waals surface area contributed by atoms with Crippen molar-refractivity contribution in [3.8, 4) is 0 Å². The van der Waals surface area contributed by atoms with Crippen LogP contribution in [0, 0.1) is 0 Å². The van der Waals surface area contributed by atoms with Crippen LogP contribution in [0.4, 0.5) is 0 Å². The average molecular weight is 204 g/mol. The van der Waals surface area contributed by atoms with Gasteiger partial charge in [-0.05, 0) is 33.4 Å². The summed E-state index contributed by atoms with van der Waals surface area (Å²) in [6.45, 7) is 11.9. The van der Waals surface area contributed by atoms with Crippen molar-refractivity contribution >= 4 is 0 Å². The number of nitrogens with two attached hydrogens (primary N) is 1. The van der Waals surface area contributed by atoms with Crippen LogP contribution in [0.15, 0.2) is 0 Å². The number of nitrogens with one attached hydrogen (secondary N) is 1. The molecule has 1 unspecified atom stereocenters. The standard InChI is InChI=1S/C9H21N.C2H6.CH5N/c1-4-6-8-10-9(3)7-5-2;2*1-2/h9-10H,4-8H2,1-3H3;1-2H3;2H2,1H3. The second kappa shape index (κ2) is 23.1. The van der Waals surface area contributed by atoms with Crippen molar-refractivity contribution in [2.75, 3.05) is 13.6 Å². The van der Waals surface area contributed by atoms with E-state index in [-0.39, 0.29) is 0 Å². The molecule has 0 aliphatic carbocycles. The molecule has 0 spiro atoms. The Bertz CT molecular complexity index is 65.3. The van der Waals surface area contributed by atoms with Gasteiger partial charge in [-0.1, -0.05) is 40.5 Å². The largest absolute Gasteiger partial charge is 0.333 e. The first-order valence-corrected chi connectivity index (χ1v) is 6.12. The van der Waals surface area contributed by atoms with Crippen LogP contribution in [0.2, 0.25) is 0 Å². The Balaban J connectivity index is -0.000000266. The van der Waals surface area contributed by atoms with E-state index in [1.165, 1.54) is 39.3 Å². The zero-order valence-electron chi connectivity index (χ0n) is 11.2. The summed E-state index contributed by atoms with van der Waals surface area (Å²) < 4.78 is 0. The van der Waals surface area contributed by atoms with Gasteiger partial charge in [-0.3, -0.25) is 0 Å². The van der Waals surface area contributed by atoms with Crippen molar-refractivity contribution in [1.29, 1.82) is 0 Å². The number of hydrogen-bond donors (Lipinski definition) is 2. The zero-order chi connectivity index (χ0) is 11.8. The highest BCUT2D eigenvalue weighted by molar-refractivity contribution is 4.58. The number of rotatable bonds is 6. The second-order valence-electron chi connectivity index (χ2n) is 3.00. The molecule has 0 heterocycles. The Kier molecular flexibility index (Phi) is 32.1. The van der Waals surface area contributed by atoms with Crippen LogP contribution < -0.4 is 11.1 Å². The molecule has 0 aliphatic rings. The maximum Gasteiger partial charge on any atom is 0.00386 e. The molecule has 0 bridgehead atoms. The summed E-state index contributed by atoms with van der Waals surface area (Å²) in [5.41, 5.74) is 4.50. The van der Waals surface area contributed by atoms with Gasteiger partial charge in [-0.25, -0.2) is 0 Å². The molecule has 2 heteroatoms. The van der Waals surface area contributed by atoms with Crippen molar-refractivity contribution in [3.05, 3.63) is 0 Å². The van der Waals surface area contributed by atoms with Gasteiger partial charge in [0.2, 0.25) is 0 Å². The Labute approximate surface area is 91.7 Å². The van der Waals surface area contributed by atoms with Crippen molar-refractivity contribution < 1.29 is 0 Å². The first-order valence-electron chi connectivity index (χ1n) is 6.12. The monoisotopic (exact) mass is 204 g/mol. The highest BCUT2D eigenvalue weighted by atomic mass is 14.9. The van der Waals surface area contributed by atoms with E-state index in [0.717, 1.165) is 6.04 Å². The quantitative estimate of drug-likeness (QED) is 0.652. The van der Waals surface area contributed by atoms with E-state index in [1.54, 1.807) is 0 Å². The molecule has 0 amide bonds. The molecular formula is C12H32N2. The Hall–Kier alpha value is -0.0800. The first kappa shape index (κ1) is 19.5. The smallest absolute Gasteiger partial charge is 0.00386 e. The lowest BCUT2D eigenvalue weighted by atomic mass is 10.2. The van der Waals surface area contributed by atoms with Crippen LogP contribution in [0.5, 0.6) is 0 Å².